The Labute approximate surface area is 174 Å². The number of rotatable bonds is 10. The van der Waals surface area contributed by atoms with Gasteiger partial charge < -0.3 is 23.9 Å². The SMILES string of the molecule is COCCn1c(Cc2cccn2C)nnc1SCC(=O)Nc1ccc(OC)cc1. The van der Waals surface area contributed by atoms with E-state index in [-0.39, 0.29) is 11.7 Å². The molecule has 3 aromatic rings. The quantitative estimate of drug-likeness (QED) is 0.513. The molecule has 1 amide bonds. The number of aryl methyl sites for hydroxylation is 1. The summed E-state index contributed by atoms with van der Waals surface area (Å²) < 4.78 is 14.4. The molecule has 1 aromatic carbocycles. The van der Waals surface area contributed by atoms with E-state index in [1.807, 2.05) is 23.9 Å². The van der Waals surface area contributed by atoms with Gasteiger partial charge in [-0.2, -0.15) is 0 Å². The van der Waals surface area contributed by atoms with E-state index >= 15 is 0 Å². The van der Waals surface area contributed by atoms with Crippen molar-refractivity contribution in [2.45, 2.75) is 18.1 Å². The van der Waals surface area contributed by atoms with Gasteiger partial charge in [-0.3, -0.25) is 4.79 Å². The highest BCUT2D eigenvalue weighted by atomic mass is 32.2. The summed E-state index contributed by atoms with van der Waals surface area (Å²) in [5, 5.41) is 12.2. The van der Waals surface area contributed by atoms with Crippen LogP contribution in [0.5, 0.6) is 5.75 Å². The van der Waals surface area contributed by atoms with Gasteiger partial charge in [0.2, 0.25) is 5.91 Å². The third kappa shape index (κ3) is 5.61. The number of aromatic nitrogens is 4. The molecule has 29 heavy (non-hydrogen) atoms. The first-order chi connectivity index (χ1) is 14.1. The van der Waals surface area contributed by atoms with Crippen molar-refractivity contribution in [3.63, 3.8) is 0 Å². The van der Waals surface area contributed by atoms with E-state index in [9.17, 15) is 4.79 Å². The zero-order valence-electron chi connectivity index (χ0n) is 16.8. The molecule has 0 aliphatic carbocycles. The number of thioether (sulfide) groups is 1. The normalized spacial score (nSPS) is 10.9. The molecule has 2 heterocycles. The highest BCUT2D eigenvalue weighted by molar-refractivity contribution is 7.99. The molecule has 0 saturated carbocycles. The Kier molecular flexibility index (Phi) is 7.31. The number of anilines is 1. The molecule has 0 aliphatic rings. The Morgan fingerprint density at radius 2 is 1.97 bits per heavy atom. The standard InChI is InChI=1S/C20H25N5O3S/c1-24-10-4-5-16(24)13-18-22-23-20(25(18)11-12-27-2)29-14-19(26)21-15-6-8-17(28-3)9-7-15/h4-10H,11-14H2,1-3H3,(H,21,26). The third-order valence-corrected chi connectivity index (χ3v) is 5.38. The number of amides is 1. The monoisotopic (exact) mass is 415 g/mol. The summed E-state index contributed by atoms with van der Waals surface area (Å²) >= 11 is 1.36. The molecule has 9 heteroatoms. The lowest BCUT2D eigenvalue weighted by Gasteiger charge is -2.10. The van der Waals surface area contributed by atoms with Crippen molar-refractivity contribution in [2.75, 3.05) is 31.9 Å². The molecule has 8 nitrogen and oxygen atoms in total. The summed E-state index contributed by atoms with van der Waals surface area (Å²) in [6, 6.07) is 11.3. The number of ether oxygens (including phenoxy) is 2. The molecule has 154 valence electrons. The minimum atomic E-state index is -0.106. The molecule has 0 atom stereocenters. The summed E-state index contributed by atoms with van der Waals surface area (Å²) in [5.74, 6) is 1.73. The minimum Gasteiger partial charge on any atom is -0.497 e. The Hall–Kier alpha value is -2.78. The Morgan fingerprint density at radius 3 is 2.62 bits per heavy atom. The number of hydrogen-bond donors (Lipinski definition) is 1. The van der Waals surface area contributed by atoms with Crippen molar-refractivity contribution < 1.29 is 14.3 Å². The van der Waals surface area contributed by atoms with E-state index in [1.165, 1.54) is 11.8 Å². The van der Waals surface area contributed by atoms with Gasteiger partial charge in [-0.1, -0.05) is 11.8 Å². The van der Waals surface area contributed by atoms with Crippen LogP contribution in [0.2, 0.25) is 0 Å². The van der Waals surface area contributed by atoms with Crippen molar-refractivity contribution >= 4 is 23.4 Å². The Morgan fingerprint density at radius 1 is 1.17 bits per heavy atom. The van der Waals surface area contributed by atoms with Gasteiger partial charge in [0.25, 0.3) is 0 Å². The summed E-state index contributed by atoms with van der Waals surface area (Å²) in [7, 11) is 5.27. The van der Waals surface area contributed by atoms with Crippen LogP contribution in [0.25, 0.3) is 0 Å². The van der Waals surface area contributed by atoms with Crippen LogP contribution in [0.3, 0.4) is 0 Å². The highest BCUT2D eigenvalue weighted by Crippen LogP contribution is 2.20. The first-order valence-electron chi connectivity index (χ1n) is 9.18. The van der Waals surface area contributed by atoms with Gasteiger partial charge in [0, 0.05) is 44.7 Å². The average molecular weight is 416 g/mol. The van der Waals surface area contributed by atoms with Crippen LogP contribution in [-0.2, 0) is 29.5 Å². The number of nitrogens with zero attached hydrogens (tertiary/aromatic N) is 4. The molecule has 1 N–H and O–H groups in total. The molecule has 3 rings (SSSR count). The highest BCUT2D eigenvalue weighted by Gasteiger charge is 2.15. The van der Waals surface area contributed by atoms with Gasteiger partial charge >= 0.3 is 0 Å². The maximum atomic E-state index is 12.3. The fourth-order valence-electron chi connectivity index (χ4n) is 2.81. The molecule has 0 aliphatic heterocycles. The second-order valence-corrected chi connectivity index (χ2v) is 7.34. The van der Waals surface area contributed by atoms with Crippen molar-refractivity contribution in [2.24, 2.45) is 7.05 Å². The van der Waals surface area contributed by atoms with Crippen molar-refractivity contribution in [3.8, 4) is 5.75 Å². The molecular weight excluding hydrogens is 390 g/mol. The molecule has 0 spiro atoms. The summed E-state index contributed by atoms with van der Waals surface area (Å²) in [4.78, 5) is 12.3. The van der Waals surface area contributed by atoms with Gasteiger partial charge in [-0.25, -0.2) is 0 Å². The minimum absolute atomic E-state index is 0.106. The predicted molar refractivity (Wildman–Crippen MR) is 112 cm³/mol. The van der Waals surface area contributed by atoms with Gasteiger partial charge in [-0.15, -0.1) is 10.2 Å². The first kappa shape index (κ1) is 20.9. The number of hydrogen-bond acceptors (Lipinski definition) is 6. The van der Waals surface area contributed by atoms with E-state index in [1.54, 1.807) is 38.5 Å². The van der Waals surface area contributed by atoms with E-state index in [0.29, 0.717) is 24.7 Å². The molecule has 2 aromatic heterocycles. The van der Waals surface area contributed by atoms with E-state index in [2.05, 4.69) is 26.1 Å². The van der Waals surface area contributed by atoms with E-state index < -0.39 is 0 Å². The summed E-state index contributed by atoms with van der Waals surface area (Å²) in [6.45, 7) is 1.18. The van der Waals surface area contributed by atoms with Crippen LogP contribution in [0, 0.1) is 0 Å². The van der Waals surface area contributed by atoms with Gasteiger partial charge in [0.05, 0.1) is 19.5 Å². The van der Waals surface area contributed by atoms with Crippen LogP contribution in [0.15, 0.2) is 47.8 Å². The van der Waals surface area contributed by atoms with Crippen LogP contribution in [0.1, 0.15) is 11.5 Å². The maximum Gasteiger partial charge on any atom is 0.234 e. The number of nitrogens with one attached hydrogen (secondary N) is 1. The number of carbonyl (C=O) groups is 1. The van der Waals surface area contributed by atoms with E-state index in [0.717, 1.165) is 23.0 Å². The maximum absolute atomic E-state index is 12.3. The van der Waals surface area contributed by atoms with Crippen LogP contribution in [0.4, 0.5) is 5.69 Å². The number of benzene rings is 1. The van der Waals surface area contributed by atoms with Crippen LogP contribution >= 0.6 is 11.8 Å². The Bertz CT molecular complexity index is 936. The van der Waals surface area contributed by atoms with Gasteiger partial charge in [0.15, 0.2) is 5.16 Å². The lowest BCUT2D eigenvalue weighted by molar-refractivity contribution is -0.113. The second-order valence-electron chi connectivity index (χ2n) is 6.40. The van der Waals surface area contributed by atoms with Crippen molar-refractivity contribution in [3.05, 3.63) is 54.1 Å². The number of carbonyl (C=O) groups excluding carboxylic acids is 1. The number of methoxy groups -OCH3 is 2. The van der Waals surface area contributed by atoms with Crippen molar-refractivity contribution in [1.29, 1.82) is 0 Å². The van der Waals surface area contributed by atoms with Crippen LogP contribution in [-0.4, -0.2) is 51.8 Å². The molecule has 0 unspecified atom stereocenters. The molecule has 0 saturated heterocycles. The van der Waals surface area contributed by atoms with E-state index in [4.69, 9.17) is 9.47 Å². The van der Waals surface area contributed by atoms with Gasteiger partial charge in [-0.05, 0) is 36.4 Å². The molecule has 0 fully saturated rings. The summed E-state index contributed by atoms with van der Waals surface area (Å²) in [6.07, 6.45) is 2.67. The topological polar surface area (TPSA) is 83.2 Å². The third-order valence-electron chi connectivity index (χ3n) is 4.41. The second kappa shape index (κ2) is 10.1. The first-order valence-corrected chi connectivity index (χ1v) is 10.2. The zero-order chi connectivity index (χ0) is 20.6. The molecule has 0 bridgehead atoms. The lowest BCUT2D eigenvalue weighted by Crippen LogP contribution is -2.15. The average Bonchev–Trinajstić information content (AvgIpc) is 3.31. The van der Waals surface area contributed by atoms with Crippen LogP contribution < -0.4 is 10.1 Å². The molecule has 0 radical (unpaired) electrons. The fraction of sp³-hybridized carbons (Fsp3) is 0.350. The summed E-state index contributed by atoms with van der Waals surface area (Å²) in [5.41, 5.74) is 1.87. The predicted octanol–water partition coefficient (Wildman–Crippen LogP) is 2.59. The zero-order valence-corrected chi connectivity index (χ0v) is 17.6. The Balaban J connectivity index is 1.64. The smallest absolute Gasteiger partial charge is 0.234 e. The lowest BCUT2D eigenvalue weighted by atomic mass is 10.3. The molecular formula is C20H25N5O3S. The van der Waals surface area contributed by atoms with Gasteiger partial charge in [0.1, 0.15) is 11.6 Å². The fourth-order valence-corrected chi connectivity index (χ4v) is 3.59. The largest absolute Gasteiger partial charge is 0.497 e. The van der Waals surface area contributed by atoms with Crippen molar-refractivity contribution in [1.82, 2.24) is 19.3 Å².